The summed E-state index contributed by atoms with van der Waals surface area (Å²) in [4.78, 5) is 27.1. The van der Waals surface area contributed by atoms with Crippen LogP contribution in [-0.2, 0) is 6.42 Å². The van der Waals surface area contributed by atoms with Gasteiger partial charge in [-0.2, -0.15) is 0 Å². The highest BCUT2D eigenvalue weighted by Gasteiger charge is 2.23. The van der Waals surface area contributed by atoms with Crippen molar-refractivity contribution in [1.29, 1.82) is 0 Å². The molecule has 1 atom stereocenters. The first-order valence-electron chi connectivity index (χ1n) is 11.6. The van der Waals surface area contributed by atoms with E-state index in [-0.39, 0.29) is 12.2 Å². The number of imidazole rings is 1. The fourth-order valence-corrected chi connectivity index (χ4v) is 4.81. The zero-order valence-electron chi connectivity index (χ0n) is 19.4. The topological polar surface area (TPSA) is 78.4 Å². The van der Waals surface area contributed by atoms with Gasteiger partial charge in [0.05, 0.1) is 23.7 Å². The van der Waals surface area contributed by atoms with Gasteiger partial charge in [0.15, 0.2) is 0 Å². The fraction of sp³-hybridized carbons (Fsp3) is 0.400. The van der Waals surface area contributed by atoms with Gasteiger partial charge in [0.25, 0.3) is 5.56 Å². The monoisotopic (exact) mass is 446 g/mol. The SMILES string of the molecule is CCc1cc(-c2cc(=O)n3cc(N4CCN(CCO)[C@H](C)C4)ccc3n2)cn2cc(C)nc12. The van der Waals surface area contributed by atoms with Gasteiger partial charge in [-0.1, -0.05) is 6.92 Å². The first-order valence-corrected chi connectivity index (χ1v) is 11.6. The molecule has 172 valence electrons. The minimum absolute atomic E-state index is 0.0937. The smallest absolute Gasteiger partial charge is 0.258 e. The lowest BCUT2D eigenvalue weighted by Gasteiger charge is -2.40. The minimum atomic E-state index is -0.0937. The lowest BCUT2D eigenvalue weighted by Crippen LogP contribution is -2.52. The maximum absolute atomic E-state index is 13.1. The van der Waals surface area contributed by atoms with E-state index in [0.717, 1.165) is 54.2 Å². The summed E-state index contributed by atoms with van der Waals surface area (Å²) in [6.07, 6.45) is 6.74. The number of aromatic nitrogens is 4. The van der Waals surface area contributed by atoms with E-state index in [0.29, 0.717) is 23.9 Å². The van der Waals surface area contributed by atoms with Gasteiger partial charge in [0.2, 0.25) is 0 Å². The van der Waals surface area contributed by atoms with E-state index in [9.17, 15) is 9.90 Å². The average Bonchev–Trinajstić information content (AvgIpc) is 3.19. The lowest BCUT2D eigenvalue weighted by molar-refractivity contribution is 0.146. The number of anilines is 1. The van der Waals surface area contributed by atoms with Crippen LogP contribution in [0.15, 0.2) is 47.7 Å². The maximum Gasteiger partial charge on any atom is 0.258 e. The van der Waals surface area contributed by atoms with Crippen LogP contribution >= 0.6 is 0 Å². The molecule has 1 aliphatic heterocycles. The number of β-amino-alcohol motifs (C(OH)–C–C–N with tert-alkyl or cyclic N) is 1. The van der Waals surface area contributed by atoms with Gasteiger partial charge in [0, 0.05) is 62.4 Å². The third-order valence-electron chi connectivity index (χ3n) is 6.59. The van der Waals surface area contributed by atoms with Crippen LogP contribution in [0.5, 0.6) is 0 Å². The molecule has 0 spiro atoms. The summed E-state index contributed by atoms with van der Waals surface area (Å²) < 4.78 is 3.65. The Bertz CT molecular complexity index is 1370. The third-order valence-corrected chi connectivity index (χ3v) is 6.59. The first kappa shape index (κ1) is 21.6. The number of aliphatic hydroxyl groups is 1. The molecule has 5 heterocycles. The quantitative estimate of drug-likeness (QED) is 0.507. The summed E-state index contributed by atoms with van der Waals surface area (Å²) in [6, 6.07) is 8.00. The molecule has 0 bridgehead atoms. The molecule has 0 saturated carbocycles. The zero-order chi connectivity index (χ0) is 23.1. The second-order valence-electron chi connectivity index (χ2n) is 8.87. The highest BCUT2D eigenvalue weighted by molar-refractivity contribution is 5.66. The Hall–Kier alpha value is -3.23. The Morgan fingerprint density at radius 1 is 1.12 bits per heavy atom. The predicted octanol–water partition coefficient (Wildman–Crippen LogP) is 2.38. The van der Waals surface area contributed by atoms with E-state index < -0.39 is 0 Å². The highest BCUT2D eigenvalue weighted by Crippen LogP contribution is 2.24. The van der Waals surface area contributed by atoms with E-state index in [1.54, 1.807) is 10.5 Å². The fourth-order valence-electron chi connectivity index (χ4n) is 4.81. The number of nitrogens with zero attached hydrogens (tertiary/aromatic N) is 6. The molecule has 8 heteroatoms. The van der Waals surface area contributed by atoms with Crippen molar-refractivity contribution < 1.29 is 5.11 Å². The first-order chi connectivity index (χ1) is 16.0. The van der Waals surface area contributed by atoms with Gasteiger partial charge in [-0.05, 0) is 44.0 Å². The third kappa shape index (κ3) is 4.00. The van der Waals surface area contributed by atoms with E-state index in [1.165, 1.54) is 0 Å². The Morgan fingerprint density at radius 3 is 2.73 bits per heavy atom. The summed E-state index contributed by atoms with van der Waals surface area (Å²) in [5.74, 6) is 0. The Morgan fingerprint density at radius 2 is 1.97 bits per heavy atom. The number of aliphatic hydroxyl groups excluding tert-OH is 1. The molecule has 4 aromatic rings. The van der Waals surface area contributed by atoms with Gasteiger partial charge in [-0.15, -0.1) is 0 Å². The van der Waals surface area contributed by atoms with Gasteiger partial charge in [-0.25, -0.2) is 9.97 Å². The van der Waals surface area contributed by atoms with Gasteiger partial charge in [-0.3, -0.25) is 14.1 Å². The molecule has 5 rings (SSSR count). The van der Waals surface area contributed by atoms with Crippen molar-refractivity contribution in [2.45, 2.75) is 33.2 Å². The number of hydrogen-bond donors (Lipinski definition) is 1. The molecular weight excluding hydrogens is 416 g/mol. The molecule has 4 aromatic heterocycles. The number of aryl methyl sites for hydroxylation is 2. The molecule has 0 aliphatic carbocycles. The molecular formula is C25H30N6O2. The molecule has 1 fully saturated rings. The molecule has 1 saturated heterocycles. The normalized spacial score (nSPS) is 17.3. The molecule has 8 nitrogen and oxygen atoms in total. The summed E-state index contributed by atoms with van der Waals surface area (Å²) in [5, 5.41) is 9.25. The van der Waals surface area contributed by atoms with Gasteiger partial charge >= 0.3 is 0 Å². The zero-order valence-corrected chi connectivity index (χ0v) is 19.4. The minimum Gasteiger partial charge on any atom is -0.395 e. The summed E-state index contributed by atoms with van der Waals surface area (Å²) >= 11 is 0. The van der Waals surface area contributed by atoms with E-state index >= 15 is 0 Å². The van der Waals surface area contributed by atoms with Crippen molar-refractivity contribution in [1.82, 2.24) is 23.7 Å². The lowest BCUT2D eigenvalue weighted by atomic mass is 10.1. The number of fused-ring (bicyclic) bond motifs is 2. The van der Waals surface area contributed by atoms with E-state index in [1.807, 2.05) is 42.0 Å². The van der Waals surface area contributed by atoms with Gasteiger partial charge < -0.3 is 14.4 Å². The van der Waals surface area contributed by atoms with Gasteiger partial charge in [0.1, 0.15) is 11.3 Å². The molecule has 0 amide bonds. The van der Waals surface area contributed by atoms with Crippen molar-refractivity contribution in [3.05, 3.63) is 64.5 Å². The molecule has 33 heavy (non-hydrogen) atoms. The van der Waals surface area contributed by atoms with Crippen LogP contribution in [0.3, 0.4) is 0 Å². The van der Waals surface area contributed by atoms with Crippen LogP contribution in [0.25, 0.3) is 22.6 Å². The van der Waals surface area contributed by atoms with Crippen LogP contribution in [0, 0.1) is 6.92 Å². The van der Waals surface area contributed by atoms with E-state index in [4.69, 9.17) is 4.98 Å². The summed E-state index contributed by atoms with van der Waals surface area (Å²) in [7, 11) is 0. The average molecular weight is 447 g/mol. The number of piperazine rings is 1. The Balaban J connectivity index is 1.50. The highest BCUT2D eigenvalue weighted by atomic mass is 16.3. The number of pyridine rings is 2. The molecule has 0 aromatic carbocycles. The van der Waals surface area contributed by atoms with E-state index in [2.05, 4.69) is 34.7 Å². The van der Waals surface area contributed by atoms with Crippen LogP contribution in [0.1, 0.15) is 25.1 Å². The Kier molecular flexibility index (Phi) is 5.64. The van der Waals surface area contributed by atoms with Crippen molar-refractivity contribution >= 4 is 17.0 Å². The van der Waals surface area contributed by atoms with Crippen molar-refractivity contribution in [2.75, 3.05) is 37.7 Å². The number of hydrogen-bond acceptors (Lipinski definition) is 6. The standard InChI is InChI=1S/C25H30N6O2/c1-4-19-11-20(15-30-13-17(2)26-25(19)30)22-12-24(33)31-16-21(5-6-23(31)27-22)29-8-7-28(9-10-32)18(3)14-29/h5-6,11-13,15-16,18,32H,4,7-10,14H2,1-3H3/t18-/m1/s1. The summed E-state index contributed by atoms with van der Waals surface area (Å²) in [6.45, 7) is 9.75. The largest absolute Gasteiger partial charge is 0.395 e. The number of rotatable bonds is 5. The molecule has 0 radical (unpaired) electrons. The van der Waals surface area contributed by atoms with Crippen LogP contribution in [0.4, 0.5) is 5.69 Å². The second kappa shape index (κ2) is 8.61. The van der Waals surface area contributed by atoms with Crippen molar-refractivity contribution in [2.24, 2.45) is 0 Å². The second-order valence-corrected chi connectivity index (χ2v) is 8.87. The maximum atomic E-state index is 13.1. The predicted molar refractivity (Wildman–Crippen MR) is 130 cm³/mol. The summed E-state index contributed by atoms with van der Waals surface area (Å²) in [5.41, 5.74) is 6.18. The van der Waals surface area contributed by atoms with Crippen molar-refractivity contribution in [3.63, 3.8) is 0 Å². The van der Waals surface area contributed by atoms with Crippen LogP contribution in [0.2, 0.25) is 0 Å². The molecule has 1 aliphatic rings. The van der Waals surface area contributed by atoms with Crippen molar-refractivity contribution in [3.8, 4) is 11.3 Å². The molecule has 1 N–H and O–H groups in total. The Labute approximate surface area is 192 Å². The molecule has 0 unspecified atom stereocenters. The van der Waals surface area contributed by atoms with Crippen LogP contribution in [-0.4, -0.2) is 67.6 Å². The van der Waals surface area contributed by atoms with Crippen LogP contribution < -0.4 is 10.5 Å².